The first kappa shape index (κ1) is 17.4. The Hall–Kier alpha value is -2.74. The van der Waals surface area contributed by atoms with Crippen LogP contribution in [0.25, 0.3) is 22.1 Å². The lowest BCUT2D eigenvalue weighted by Crippen LogP contribution is -2.28. The zero-order valence-corrected chi connectivity index (χ0v) is 16.4. The van der Waals surface area contributed by atoms with Crippen LogP contribution in [0.4, 0.5) is 0 Å². The average Bonchev–Trinajstić information content (AvgIpc) is 3.38. The molecule has 1 saturated carbocycles. The van der Waals surface area contributed by atoms with Gasteiger partial charge in [-0.2, -0.15) is 0 Å². The molecule has 1 aromatic carbocycles. The molecular weight excluding hydrogens is 372 g/mol. The third kappa shape index (κ3) is 2.88. The van der Waals surface area contributed by atoms with E-state index in [4.69, 9.17) is 4.98 Å². The van der Waals surface area contributed by atoms with Crippen molar-refractivity contribution < 1.29 is 0 Å². The zero-order valence-electron chi connectivity index (χ0n) is 15.6. The SMILES string of the molecule is Cc1cccc2nc(CSc3ncnc4nc[nH]c34)n(C3CCCC3)c(=O)c12. The van der Waals surface area contributed by atoms with Crippen LogP contribution < -0.4 is 5.56 Å². The van der Waals surface area contributed by atoms with Crippen LogP contribution in [-0.2, 0) is 5.75 Å². The van der Waals surface area contributed by atoms with Gasteiger partial charge in [-0.1, -0.05) is 36.7 Å². The molecule has 7 nitrogen and oxygen atoms in total. The summed E-state index contributed by atoms with van der Waals surface area (Å²) in [6, 6.07) is 6.10. The highest BCUT2D eigenvalue weighted by Gasteiger charge is 2.23. The van der Waals surface area contributed by atoms with E-state index in [2.05, 4.69) is 19.9 Å². The van der Waals surface area contributed by atoms with Gasteiger partial charge in [0.05, 0.1) is 23.0 Å². The number of hydrogen-bond acceptors (Lipinski definition) is 6. The van der Waals surface area contributed by atoms with Crippen molar-refractivity contribution in [2.75, 3.05) is 0 Å². The highest BCUT2D eigenvalue weighted by molar-refractivity contribution is 7.98. The molecule has 0 saturated heterocycles. The molecule has 0 radical (unpaired) electrons. The van der Waals surface area contributed by atoms with E-state index in [-0.39, 0.29) is 11.6 Å². The van der Waals surface area contributed by atoms with Crippen molar-refractivity contribution >= 4 is 33.8 Å². The third-order valence-corrected chi connectivity index (χ3v) is 6.41. The summed E-state index contributed by atoms with van der Waals surface area (Å²) in [6.07, 6.45) is 7.54. The highest BCUT2D eigenvalue weighted by atomic mass is 32.2. The van der Waals surface area contributed by atoms with Crippen molar-refractivity contribution in [3.8, 4) is 0 Å². The van der Waals surface area contributed by atoms with E-state index in [0.717, 1.165) is 58.5 Å². The molecule has 4 aromatic rings. The van der Waals surface area contributed by atoms with Crippen molar-refractivity contribution in [1.82, 2.24) is 29.5 Å². The Morgan fingerprint density at radius 3 is 2.93 bits per heavy atom. The Morgan fingerprint density at radius 2 is 2.07 bits per heavy atom. The van der Waals surface area contributed by atoms with E-state index >= 15 is 0 Å². The molecule has 28 heavy (non-hydrogen) atoms. The van der Waals surface area contributed by atoms with Crippen molar-refractivity contribution in [2.45, 2.75) is 49.4 Å². The summed E-state index contributed by atoms with van der Waals surface area (Å²) in [6.45, 7) is 1.98. The lowest BCUT2D eigenvalue weighted by Gasteiger charge is -2.19. The maximum atomic E-state index is 13.4. The van der Waals surface area contributed by atoms with E-state index < -0.39 is 0 Å². The van der Waals surface area contributed by atoms with Gasteiger partial charge in [0, 0.05) is 6.04 Å². The number of aromatic amines is 1. The van der Waals surface area contributed by atoms with Crippen LogP contribution in [0.1, 0.15) is 43.1 Å². The quantitative estimate of drug-likeness (QED) is 0.420. The number of thioether (sulfide) groups is 1. The minimum absolute atomic E-state index is 0.0833. The maximum absolute atomic E-state index is 13.4. The van der Waals surface area contributed by atoms with Crippen LogP contribution in [0.2, 0.25) is 0 Å². The van der Waals surface area contributed by atoms with Crippen molar-refractivity contribution in [2.24, 2.45) is 0 Å². The summed E-state index contributed by atoms with van der Waals surface area (Å²) >= 11 is 1.56. The molecule has 0 atom stereocenters. The number of H-pyrrole nitrogens is 1. The predicted octanol–water partition coefficient (Wildman–Crippen LogP) is 3.78. The molecule has 142 valence electrons. The molecule has 0 amide bonds. The van der Waals surface area contributed by atoms with Gasteiger partial charge in [0.1, 0.15) is 22.7 Å². The number of nitrogens with zero attached hydrogens (tertiary/aromatic N) is 5. The van der Waals surface area contributed by atoms with Gasteiger partial charge in [0.25, 0.3) is 5.56 Å². The summed E-state index contributed by atoms with van der Waals surface area (Å²) in [5.41, 5.74) is 3.30. The summed E-state index contributed by atoms with van der Waals surface area (Å²) < 4.78 is 1.95. The van der Waals surface area contributed by atoms with E-state index in [1.54, 1.807) is 18.1 Å². The Labute approximate surface area is 165 Å². The van der Waals surface area contributed by atoms with Gasteiger partial charge in [-0.25, -0.2) is 19.9 Å². The largest absolute Gasteiger partial charge is 0.341 e. The lowest BCUT2D eigenvalue weighted by atomic mass is 10.1. The maximum Gasteiger partial charge on any atom is 0.261 e. The molecule has 1 N–H and O–H groups in total. The summed E-state index contributed by atoms with van der Waals surface area (Å²) in [7, 11) is 0. The topological polar surface area (TPSA) is 89.3 Å². The number of benzene rings is 1. The summed E-state index contributed by atoms with van der Waals surface area (Å²) in [5.74, 6) is 1.38. The van der Waals surface area contributed by atoms with E-state index in [1.165, 1.54) is 6.33 Å². The van der Waals surface area contributed by atoms with E-state index in [9.17, 15) is 4.79 Å². The highest BCUT2D eigenvalue weighted by Crippen LogP contribution is 2.32. The predicted molar refractivity (Wildman–Crippen MR) is 109 cm³/mol. The standard InChI is InChI=1S/C20H20N6OS/c1-12-5-4-8-14-16(12)20(27)26(13-6-2-3-7-13)15(25-14)9-28-19-17-18(22-10-21-17)23-11-24-19/h4-5,8,10-11,13H,2-3,6-7,9H2,1H3,(H,21,22,23,24). The Morgan fingerprint density at radius 1 is 1.21 bits per heavy atom. The minimum Gasteiger partial charge on any atom is -0.341 e. The van der Waals surface area contributed by atoms with E-state index in [1.807, 2.05) is 29.7 Å². The molecule has 8 heteroatoms. The number of imidazole rings is 1. The molecule has 1 fully saturated rings. The van der Waals surface area contributed by atoms with Crippen LogP contribution in [0.15, 0.2) is 40.7 Å². The van der Waals surface area contributed by atoms with Crippen molar-refractivity contribution in [3.05, 3.63) is 52.6 Å². The molecule has 3 heterocycles. The molecule has 0 aliphatic heterocycles. The van der Waals surface area contributed by atoms with Gasteiger partial charge in [0.15, 0.2) is 5.65 Å². The fourth-order valence-corrected chi connectivity index (χ4v) is 4.97. The molecular formula is C20H20N6OS. The smallest absolute Gasteiger partial charge is 0.261 e. The summed E-state index contributed by atoms with van der Waals surface area (Å²) in [5, 5.41) is 1.56. The van der Waals surface area contributed by atoms with Crippen LogP contribution in [0, 0.1) is 6.92 Å². The van der Waals surface area contributed by atoms with E-state index in [0.29, 0.717) is 11.4 Å². The molecule has 5 rings (SSSR count). The second kappa shape index (κ2) is 7.01. The molecule has 1 aliphatic rings. The van der Waals surface area contributed by atoms with Gasteiger partial charge in [0.2, 0.25) is 0 Å². The van der Waals surface area contributed by atoms with Crippen LogP contribution in [0.5, 0.6) is 0 Å². The number of fused-ring (bicyclic) bond motifs is 2. The van der Waals surface area contributed by atoms with Crippen LogP contribution >= 0.6 is 11.8 Å². The molecule has 0 unspecified atom stereocenters. The Balaban J connectivity index is 1.60. The molecule has 0 spiro atoms. The van der Waals surface area contributed by atoms with Gasteiger partial charge in [-0.3, -0.25) is 9.36 Å². The van der Waals surface area contributed by atoms with Crippen molar-refractivity contribution in [1.29, 1.82) is 0 Å². The molecule has 1 aliphatic carbocycles. The second-order valence-electron chi connectivity index (χ2n) is 7.18. The zero-order chi connectivity index (χ0) is 19.1. The fourth-order valence-electron chi connectivity index (χ4n) is 4.08. The van der Waals surface area contributed by atoms with Crippen molar-refractivity contribution in [3.63, 3.8) is 0 Å². The number of rotatable bonds is 4. The first-order chi connectivity index (χ1) is 13.7. The van der Waals surface area contributed by atoms with Crippen LogP contribution in [-0.4, -0.2) is 29.5 Å². The number of nitrogens with one attached hydrogen (secondary N) is 1. The molecule has 3 aromatic heterocycles. The monoisotopic (exact) mass is 392 g/mol. The van der Waals surface area contributed by atoms with Gasteiger partial charge >= 0.3 is 0 Å². The fraction of sp³-hybridized carbons (Fsp3) is 0.350. The molecule has 0 bridgehead atoms. The average molecular weight is 392 g/mol. The van der Waals surface area contributed by atoms with Gasteiger partial charge in [-0.15, -0.1) is 0 Å². The second-order valence-corrected chi connectivity index (χ2v) is 8.14. The number of aryl methyl sites for hydroxylation is 1. The number of aromatic nitrogens is 6. The minimum atomic E-state index is 0.0833. The lowest BCUT2D eigenvalue weighted by molar-refractivity contribution is 0.484. The Kier molecular flexibility index (Phi) is 4.35. The third-order valence-electron chi connectivity index (χ3n) is 5.43. The first-order valence-corrected chi connectivity index (χ1v) is 10.5. The normalized spacial score (nSPS) is 15.0. The van der Waals surface area contributed by atoms with Gasteiger partial charge in [-0.05, 0) is 31.4 Å². The van der Waals surface area contributed by atoms with Crippen LogP contribution in [0.3, 0.4) is 0 Å². The van der Waals surface area contributed by atoms with Gasteiger partial charge < -0.3 is 4.98 Å². The summed E-state index contributed by atoms with van der Waals surface area (Å²) in [4.78, 5) is 34.1. The number of hydrogen-bond donors (Lipinski definition) is 1. The Bertz CT molecular complexity index is 1220. The first-order valence-electron chi connectivity index (χ1n) is 9.50.